The lowest BCUT2D eigenvalue weighted by Gasteiger charge is -2.09. The van der Waals surface area contributed by atoms with Gasteiger partial charge in [0.15, 0.2) is 0 Å². The number of furan rings is 1. The Hall–Kier alpha value is -2.84. The molecule has 1 aromatic heterocycles. The molecule has 9 heteroatoms. The quantitative estimate of drug-likeness (QED) is 0.434. The Kier molecular flexibility index (Phi) is 7.64. The van der Waals surface area contributed by atoms with Gasteiger partial charge in [0.1, 0.15) is 11.5 Å². The lowest BCUT2D eigenvalue weighted by atomic mass is 9.99. The fourth-order valence-corrected chi connectivity index (χ4v) is 2.37. The molecule has 0 aliphatic rings. The van der Waals surface area contributed by atoms with Crippen molar-refractivity contribution < 1.29 is 44.0 Å². The van der Waals surface area contributed by atoms with Crippen LogP contribution in [0.25, 0.3) is 0 Å². The van der Waals surface area contributed by atoms with E-state index in [9.17, 15) is 19.2 Å². The van der Waals surface area contributed by atoms with E-state index in [0.717, 1.165) is 0 Å². The highest BCUT2D eigenvalue weighted by Gasteiger charge is 2.23. The van der Waals surface area contributed by atoms with Crippen LogP contribution in [0.2, 0.25) is 0 Å². The molecule has 0 saturated carbocycles. The van der Waals surface area contributed by atoms with Crippen molar-refractivity contribution in [3.63, 3.8) is 0 Å². The molecule has 0 aliphatic carbocycles. The monoisotopic (exact) mass is 356 g/mol. The van der Waals surface area contributed by atoms with Crippen LogP contribution in [-0.4, -0.2) is 44.3 Å². The molecule has 2 atom stereocenters. The summed E-state index contributed by atoms with van der Waals surface area (Å²) in [6.07, 6.45) is -0.267. The number of carboxylic acid groups (broad SMARTS) is 4. The molecule has 0 aliphatic heterocycles. The highest BCUT2D eigenvalue weighted by atomic mass is 16.4. The third-order valence-electron chi connectivity index (χ3n) is 3.74. The highest BCUT2D eigenvalue weighted by molar-refractivity contribution is 5.78. The molecule has 0 spiro atoms. The van der Waals surface area contributed by atoms with E-state index in [1.807, 2.05) is 0 Å². The Morgan fingerprint density at radius 3 is 1.40 bits per heavy atom. The smallest absolute Gasteiger partial charge is 0.307 e. The van der Waals surface area contributed by atoms with E-state index in [1.54, 1.807) is 12.1 Å². The van der Waals surface area contributed by atoms with Crippen molar-refractivity contribution in [3.05, 3.63) is 23.7 Å². The number of carboxylic acids is 4. The first-order valence-electron chi connectivity index (χ1n) is 7.65. The minimum Gasteiger partial charge on any atom is -0.481 e. The average molecular weight is 356 g/mol. The summed E-state index contributed by atoms with van der Waals surface area (Å²) < 4.78 is 5.47. The van der Waals surface area contributed by atoms with E-state index in [4.69, 9.17) is 24.8 Å². The topological polar surface area (TPSA) is 162 Å². The second-order valence-corrected chi connectivity index (χ2v) is 5.71. The van der Waals surface area contributed by atoms with Crippen LogP contribution in [0.4, 0.5) is 0 Å². The summed E-state index contributed by atoms with van der Waals surface area (Å²) in [6.45, 7) is 0. The summed E-state index contributed by atoms with van der Waals surface area (Å²) in [5.74, 6) is -5.85. The Balaban J connectivity index is 2.55. The number of hydrogen-bond acceptors (Lipinski definition) is 5. The summed E-state index contributed by atoms with van der Waals surface area (Å²) in [5.41, 5.74) is 0. The van der Waals surface area contributed by atoms with Gasteiger partial charge in [-0.2, -0.15) is 0 Å². The van der Waals surface area contributed by atoms with Crippen LogP contribution < -0.4 is 0 Å². The summed E-state index contributed by atoms with van der Waals surface area (Å²) in [7, 11) is 0. The maximum Gasteiger partial charge on any atom is 0.307 e. The van der Waals surface area contributed by atoms with E-state index >= 15 is 0 Å². The van der Waals surface area contributed by atoms with Gasteiger partial charge in [-0.15, -0.1) is 0 Å². The molecule has 0 aromatic carbocycles. The first-order chi connectivity index (χ1) is 11.7. The maximum atomic E-state index is 11.0. The third-order valence-corrected chi connectivity index (χ3v) is 3.74. The number of aryl methyl sites for hydroxylation is 2. The molecule has 0 saturated heterocycles. The van der Waals surface area contributed by atoms with E-state index < -0.39 is 48.6 Å². The van der Waals surface area contributed by atoms with Crippen molar-refractivity contribution in [2.24, 2.45) is 11.8 Å². The van der Waals surface area contributed by atoms with Crippen molar-refractivity contribution in [3.8, 4) is 0 Å². The zero-order valence-corrected chi connectivity index (χ0v) is 13.4. The second-order valence-electron chi connectivity index (χ2n) is 5.71. The lowest BCUT2D eigenvalue weighted by molar-refractivity contribution is -0.148. The number of carbonyl (C=O) groups is 4. The van der Waals surface area contributed by atoms with Crippen molar-refractivity contribution in [2.45, 2.75) is 38.5 Å². The van der Waals surface area contributed by atoms with Gasteiger partial charge in [-0.05, 0) is 25.0 Å². The van der Waals surface area contributed by atoms with Crippen LogP contribution in [0, 0.1) is 11.8 Å². The van der Waals surface area contributed by atoms with E-state index in [-0.39, 0.29) is 25.7 Å². The molecule has 25 heavy (non-hydrogen) atoms. The second kappa shape index (κ2) is 9.45. The van der Waals surface area contributed by atoms with E-state index in [2.05, 4.69) is 0 Å². The standard InChI is InChI=1S/C16H20O9/c17-13(18)7-9(15(21)22)1-3-11-5-6-12(25-11)4-2-10(16(23)24)8-14(19)20/h5-6,9-10H,1-4,7-8H2,(H,17,18)(H,19,20)(H,21,22)(H,23,24). The van der Waals surface area contributed by atoms with Gasteiger partial charge in [0.25, 0.3) is 0 Å². The van der Waals surface area contributed by atoms with Crippen molar-refractivity contribution in [2.75, 3.05) is 0 Å². The Morgan fingerprint density at radius 2 is 1.12 bits per heavy atom. The maximum absolute atomic E-state index is 11.0. The molecule has 138 valence electrons. The fourth-order valence-electron chi connectivity index (χ4n) is 2.37. The number of hydrogen-bond donors (Lipinski definition) is 4. The average Bonchev–Trinajstić information content (AvgIpc) is 2.94. The summed E-state index contributed by atoms with van der Waals surface area (Å²) >= 11 is 0. The van der Waals surface area contributed by atoms with Gasteiger partial charge in [0.05, 0.1) is 24.7 Å². The Labute approximate surface area is 142 Å². The zero-order chi connectivity index (χ0) is 19.0. The zero-order valence-electron chi connectivity index (χ0n) is 13.4. The summed E-state index contributed by atoms with van der Waals surface area (Å²) in [6, 6.07) is 3.23. The minimum atomic E-state index is -1.19. The largest absolute Gasteiger partial charge is 0.481 e. The summed E-state index contributed by atoms with van der Waals surface area (Å²) in [4.78, 5) is 43.3. The van der Waals surface area contributed by atoms with Gasteiger partial charge in [0.2, 0.25) is 0 Å². The molecule has 0 fully saturated rings. The first-order valence-corrected chi connectivity index (χ1v) is 7.65. The van der Waals surface area contributed by atoms with Gasteiger partial charge >= 0.3 is 23.9 Å². The fraction of sp³-hybridized carbons (Fsp3) is 0.500. The van der Waals surface area contributed by atoms with Crippen molar-refractivity contribution in [1.29, 1.82) is 0 Å². The van der Waals surface area contributed by atoms with Gasteiger partial charge in [-0.25, -0.2) is 0 Å². The molecule has 4 N–H and O–H groups in total. The van der Waals surface area contributed by atoms with Crippen molar-refractivity contribution in [1.82, 2.24) is 0 Å². The minimum absolute atomic E-state index is 0.103. The molecule has 0 bridgehead atoms. The molecule has 0 amide bonds. The van der Waals surface area contributed by atoms with Crippen LogP contribution >= 0.6 is 0 Å². The molecule has 1 rings (SSSR count). The Bertz CT molecular complexity index is 579. The van der Waals surface area contributed by atoms with Crippen LogP contribution in [0.3, 0.4) is 0 Å². The first kappa shape index (κ1) is 20.2. The van der Waals surface area contributed by atoms with Gasteiger partial charge < -0.3 is 24.8 Å². The predicted molar refractivity (Wildman–Crippen MR) is 82.1 cm³/mol. The van der Waals surface area contributed by atoms with E-state index in [0.29, 0.717) is 11.5 Å². The van der Waals surface area contributed by atoms with Crippen LogP contribution in [0.15, 0.2) is 16.5 Å². The molecule has 1 heterocycles. The molecule has 1 aromatic rings. The molecular formula is C16H20O9. The summed E-state index contributed by atoms with van der Waals surface area (Å²) in [5, 5.41) is 35.3. The van der Waals surface area contributed by atoms with Gasteiger partial charge in [-0.3, -0.25) is 19.2 Å². The Morgan fingerprint density at radius 1 is 0.760 bits per heavy atom. The highest BCUT2D eigenvalue weighted by Crippen LogP contribution is 2.19. The van der Waals surface area contributed by atoms with Crippen LogP contribution in [0.5, 0.6) is 0 Å². The van der Waals surface area contributed by atoms with E-state index in [1.165, 1.54) is 0 Å². The van der Waals surface area contributed by atoms with Crippen molar-refractivity contribution >= 4 is 23.9 Å². The number of rotatable bonds is 12. The molecule has 2 unspecified atom stereocenters. The van der Waals surface area contributed by atoms with Gasteiger partial charge in [-0.1, -0.05) is 0 Å². The third kappa shape index (κ3) is 7.51. The van der Waals surface area contributed by atoms with Crippen LogP contribution in [0.1, 0.15) is 37.2 Å². The van der Waals surface area contributed by atoms with Gasteiger partial charge in [0, 0.05) is 12.8 Å². The van der Waals surface area contributed by atoms with Crippen LogP contribution in [-0.2, 0) is 32.0 Å². The predicted octanol–water partition coefficient (Wildman–Crippen LogP) is 1.50. The molecular weight excluding hydrogens is 336 g/mol. The SMILES string of the molecule is O=C(O)CC(CCc1ccc(CCC(CC(=O)O)C(=O)O)o1)C(=O)O. The molecule has 0 radical (unpaired) electrons. The number of aliphatic carboxylic acids is 4. The molecule has 9 nitrogen and oxygen atoms in total. The lowest BCUT2D eigenvalue weighted by Crippen LogP contribution is -2.18. The normalized spacial score (nSPS) is 13.1.